The Balaban J connectivity index is 1.34. The molecule has 1 saturated heterocycles. The number of nitrogens with one attached hydrogen (secondary N) is 1. The maximum atomic E-state index is 12.7. The van der Waals surface area contributed by atoms with Crippen LogP contribution in [0, 0.1) is 12.8 Å². The van der Waals surface area contributed by atoms with Crippen molar-refractivity contribution in [3.63, 3.8) is 0 Å². The molecule has 3 heterocycles. The number of piperidine rings is 1. The molecule has 2 fully saturated rings. The van der Waals surface area contributed by atoms with Crippen molar-refractivity contribution >= 4 is 34.1 Å². The molecular weight excluding hydrogens is 388 g/mol. The molecule has 2 aromatic heterocycles. The van der Waals surface area contributed by atoms with Gasteiger partial charge in [-0.25, -0.2) is 15.0 Å². The first-order valence-electron chi connectivity index (χ1n) is 9.99. The Hall–Kier alpha value is -2.55. The predicted octanol–water partition coefficient (Wildman–Crippen LogP) is 2.68. The summed E-state index contributed by atoms with van der Waals surface area (Å²) in [6, 6.07) is 2.10. The van der Waals surface area contributed by atoms with Gasteiger partial charge >= 0.3 is 0 Å². The fourth-order valence-electron chi connectivity index (χ4n) is 3.57. The van der Waals surface area contributed by atoms with Crippen LogP contribution in [0.4, 0.5) is 10.9 Å². The van der Waals surface area contributed by atoms with E-state index in [2.05, 4.69) is 31.2 Å². The van der Waals surface area contributed by atoms with Crippen molar-refractivity contribution in [3.8, 4) is 0 Å². The summed E-state index contributed by atoms with van der Waals surface area (Å²) in [5.41, 5.74) is 1.78. The van der Waals surface area contributed by atoms with Gasteiger partial charge in [-0.3, -0.25) is 9.59 Å². The molecule has 9 heteroatoms. The van der Waals surface area contributed by atoms with E-state index < -0.39 is 0 Å². The highest BCUT2D eigenvalue weighted by atomic mass is 32.1. The van der Waals surface area contributed by atoms with Gasteiger partial charge in [0.25, 0.3) is 5.91 Å². The first kappa shape index (κ1) is 19.8. The van der Waals surface area contributed by atoms with E-state index in [4.69, 9.17) is 0 Å². The number of carbonyl (C=O) groups excluding carboxylic acids is 2. The molecule has 1 aliphatic carbocycles. The van der Waals surface area contributed by atoms with Gasteiger partial charge in [-0.2, -0.15) is 0 Å². The number of hydrogen-bond donors (Lipinski definition) is 1. The molecule has 2 aromatic rings. The minimum atomic E-state index is -0.0933. The fraction of sp³-hybridized carbons (Fsp3) is 0.550. The summed E-state index contributed by atoms with van der Waals surface area (Å²) < 4.78 is 0. The smallest absolute Gasteiger partial charge is 0.265 e. The van der Waals surface area contributed by atoms with Crippen molar-refractivity contribution in [3.05, 3.63) is 28.7 Å². The maximum absolute atomic E-state index is 12.7. The number of carbonyl (C=O) groups is 2. The number of rotatable bonds is 5. The van der Waals surface area contributed by atoms with Crippen molar-refractivity contribution in [2.45, 2.75) is 38.5 Å². The zero-order valence-corrected chi connectivity index (χ0v) is 17.8. The average molecular weight is 415 g/mol. The highest BCUT2D eigenvalue weighted by Crippen LogP contribution is 2.39. The number of hydrogen-bond acceptors (Lipinski definition) is 7. The second-order valence-electron chi connectivity index (χ2n) is 7.96. The number of aromatic nitrogens is 3. The molecule has 0 bridgehead atoms. The minimum Gasteiger partial charge on any atom is -0.356 e. The lowest BCUT2D eigenvalue weighted by Crippen LogP contribution is -2.38. The number of thiazole rings is 1. The van der Waals surface area contributed by atoms with Crippen LogP contribution in [-0.4, -0.2) is 58.9 Å². The molecule has 29 heavy (non-hydrogen) atoms. The molecule has 8 nitrogen and oxygen atoms in total. The Bertz CT molecular complexity index is 915. The molecule has 4 rings (SSSR count). The number of aryl methyl sites for hydroxylation is 1. The number of nitrogens with zero attached hydrogens (tertiary/aromatic N) is 5. The van der Waals surface area contributed by atoms with E-state index in [0.29, 0.717) is 21.6 Å². The van der Waals surface area contributed by atoms with Crippen molar-refractivity contribution in [1.29, 1.82) is 0 Å². The highest BCUT2D eigenvalue weighted by Gasteiger charge is 2.29. The molecule has 0 radical (unpaired) electrons. The van der Waals surface area contributed by atoms with E-state index in [0.717, 1.165) is 37.4 Å². The van der Waals surface area contributed by atoms with Gasteiger partial charge in [0.15, 0.2) is 5.13 Å². The highest BCUT2D eigenvalue weighted by molar-refractivity contribution is 7.17. The lowest BCUT2D eigenvalue weighted by Gasteiger charge is -2.32. The van der Waals surface area contributed by atoms with Gasteiger partial charge in [0.1, 0.15) is 17.0 Å². The lowest BCUT2D eigenvalue weighted by atomic mass is 9.96. The van der Waals surface area contributed by atoms with E-state index in [1.54, 1.807) is 27.3 Å². The summed E-state index contributed by atoms with van der Waals surface area (Å²) >= 11 is 1.23. The average Bonchev–Trinajstić information content (AvgIpc) is 3.51. The SMILES string of the molecule is Cc1nc(NC(=O)C2CCN(c3cc(C4CC4)ncn3)CC2)sc1C(=O)N(C)C. The maximum Gasteiger partial charge on any atom is 0.265 e. The quantitative estimate of drug-likeness (QED) is 0.809. The normalized spacial score (nSPS) is 17.3. The Morgan fingerprint density at radius 3 is 2.55 bits per heavy atom. The van der Waals surface area contributed by atoms with Crippen LogP contribution >= 0.6 is 11.3 Å². The zero-order valence-electron chi connectivity index (χ0n) is 17.0. The Labute approximate surface area is 174 Å². The summed E-state index contributed by atoms with van der Waals surface area (Å²) in [4.78, 5) is 42.4. The van der Waals surface area contributed by atoms with E-state index in [9.17, 15) is 9.59 Å². The summed E-state index contributed by atoms with van der Waals surface area (Å²) in [5.74, 6) is 1.38. The summed E-state index contributed by atoms with van der Waals surface area (Å²) in [6.45, 7) is 3.37. The molecule has 1 saturated carbocycles. The fourth-order valence-corrected chi connectivity index (χ4v) is 4.56. The Morgan fingerprint density at radius 1 is 1.17 bits per heavy atom. The third kappa shape index (κ3) is 4.39. The van der Waals surface area contributed by atoms with Gasteiger partial charge in [0, 0.05) is 50.8 Å². The lowest BCUT2D eigenvalue weighted by molar-refractivity contribution is -0.120. The van der Waals surface area contributed by atoms with Crippen LogP contribution < -0.4 is 10.2 Å². The van der Waals surface area contributed by atoms with E-state index in [1.165, 1.54) is 29.1 Å². The number of amides is 2. The molecule has 0 spiro atoms. The van der Waals surface area contributed by atoms with Gasteiger partial charge in [0.05, 0.1) is 5.69 Å². The zero-order chi connectivity index (χ0) is 20.5. The van der Waals surface area contributed by atoms with E-state index >= 15 is 0 Å². The van der Waals surface area contributed by atoms with Crippen molar-refractivity contribution < 1.29 is 9.59 Å². The Morgan fingerprint density at radius 2 is 1.90 bits per heavy atom. The number of anilines is 2. The van der Waals surface area contributed by atoms with Crippen LogP contribution in [0.1, 0.15) is 52.7 Å². The van der Waals surface area contributed by atoms with Crippen molar-refractivity contribution in [2.24, 2.45) is 5.92 Å². The van der Waals surface area contributed by atoms with Gasteiger partial charge in [0.2, 0.25) is 5.91 Å². The van der Waals surface area contributed by atoms with Crippen LogP contribution in [-0.2, 0) is 4.79 Å². The summed E-state index contributed by atoms with van der Waals surface area (Å²) in [7, 11) is 3.41. The molecule has 0 atom stereocenters. The van der Waals surface area contributed by atoms with Gasteiger partial charge in [-0.1, -0.05) is 11.3 Å². The van der Waals surface area contributed by atoms with E-state index in [-0.39, 0.29) is 17.7 Å². The van der Waals surface area contributed by atoms with Crippen LogP contribution in [0.15, 0.2) is 12.4 Å². The largest absolute Gasteiger partial charge is 0.356 e. The van der Waals surface area contributed by atoms with Gasteiger partial charge < -0.3 is 15.1 Å². The van der Waals surface area contributed by atoms with Gasteiger partial charge in [-0.15, -0.1) is 0 Å². The first-order chi connectivity index (χ1) is 13.9. The Kier molecular flexibility index (Phi) is 5.49. The monoisotopic (exact) mass is 414 g/mol. The second kappa shape index (κ2) is 8.06. The molecule has 1 aliphatic heterocycles. The molecule has 0 aromatic carbocycles. The molecule has 154 valence electrons. The van der Waals surface area contributed by atoms with Crippen LogP contribution in [0.25, 0.3) is 0 Å². The molecule has 1 N–H and O–H groups in total. The van der Waals surface area contributed by atoms with Crippen molar-refractivity contribution in [1.82, 2.24) is 19.9 Å². The standard InChI is InChI=1S/C20H26N6O2S/c1-12-17(19(28)25(2)3)29-20(23-12)24-18(27)14-6-8-26(9-7-14)16-10-15(13-4-5-13)21-11-22-16/h10-11,13-14H,4-9H2,1-3H3,(H,23,24,27). The molecule has 2 aliphatic rings. The van der Waals surface area contributed by atoms with Crippen LogP contribution in [0.2, 0.25) is 0 Å². The van der Waals surface area contributed by atoms with E-state index in [1.807, 2.05) is 0 Å². The molecule has 2 amide bonds. The third-order valence-corrected chi connectivity index (χ3v) is 6.55. The molecule has 0 unspecified atom stereocenters. The van der Waals surface area contributed by atoms with Crippen molar-refractivity contribution in [2.75, 3.05) is 37.4 Å². The second-order valence-corrected chi connectivity index (χ2v) is 8.96. The predicted molar refractivity (Wildman–Crippen MR) is 112 cm³/mol. The van der Waals surface area contributed by atoms with Gasteiger partial charge in [-0.05, 0) is 32.6 Å². The minimum absolute atomic E-state index is 0.0244. The molecular formula is C20H26N6O2S. The first-order valence-corrected chi connectivity index (χ1v) is 10.8. The third-order valence-electron chi connectivity index (χ3n) is 5.49. The van der Waals surface area contributed by atoms with Crippen LogP contribution in [0.3, 0.4) is 0 Å². The summed E-state index contributed by atoms with van der Waals surface area (Å²) in [6.07, 6.45) is 5.62. The summed E-state index contributed by atoms with van der Waals surface area (Å²) in [5, 5.41) is 3.40. The van der Waals surface area contributed by atoms with Crippen LogP contribution in [0.5, 0.6) is 0 Å². The topological polar surface area (TPSA) is 91.3 Å².